The van der Waals surface area contributed by atoms with Gasteiger partial charge in [-0.05, 0) is 83.6 Å². The van der Waals surface area contributed by atoms with Gasteiger partial charge in [-0.3, -0.25) is 0 Å². The van der Waals surface area contributed by atoms with Gasteiger partial charge in [0.2, 0.25) is 0 Å². The molecule has 40 heavy (non-hydrogen) atoms. The fraction of sp³-hybridized carbons (Fsp3) is 0.436. The van der Waals surface area contributed by atoms with E-state index in [-0.39, 0.29) is 0 Å². The number of hydrogen-bond acceptors (Lipinski definition) is 0. The molecule has 1 aliphatic rings. The third-order valence-electron chi connectivity index (χ3n) is 8.92. The van der Waals surface area contributed by atoms with Crippen LogP contribution < -0.4 is 15.6 Å². The molecular formula is C39H52Si. The van der Waals surface area contributed by atoms with Crippen molar-refractivity contribution in [2.75, 3.05) is 0 Å². The van der Waals surface area contributed by atoms with E-state index in [0.29, 0.717) is 5.54 Å². The third-order valence-corrected chi connectivity index (χ3v) is 14.0. The Morgan fingerprint density at radius 1 is 0.475 bits per heavy atom. The van der Waals surface area contributed by atoms with Gasteiger partial charge in [0.25, 0.3) is 0 Å². The number of aryl methyl sites for hydroxylation is 3. The summed E-state index contributed by atoms with van der Waals surface area (Å²) in [5.74, 6) is 0. The number of hydrogen-bond donors (Lipinski definition) is 0. The Morgan fingerprint density at radius 2 is 0.825 bits per heavy atom. The summed E-state index contributed by atoms with van der Waals surface area (Å²) in [7, 11) is -2.40. The van der Waals surface area contributed by atoms with E-state index in [2.05, 4.69) is 119 Å². The molecule has 1 atom stereocenters. The fourth-order valence-corrected chi connectivity index (χ4v) is 11.5. The van der Waals surface area contributed by atoms with Gasteiger partial charge in [0, 0.05) is 5.54 Å². The van der Waals surface area contributed by atoms with Crippen LogP contribution in [-0.2, 0) is 19.3 Å². The van der Waals surface area contributed by atoms with Crippen molar-refractivity contribution in [1.82, 2.24) is 0 Å². The first kappa shape index (κ1) is 30.3. The standard InChI is InChI=1S/C39H52Si/c1-5-9-13-32-17-24-36(25-18-32)40(39-30-23-35(31-39)16-12-8-4,37-26-19-33(20-27-37)14-10-6-2)38-28-21-34(22-29-38)15-11-7-3/h17-31,39H,5-16H2,1-4H3. The Bertz CT molecular complexity index is 1090. The molecule has 3 aromatic carbocycles. The zero-order valence-corrected chi connectivity index (χ0v) is 26.7. The van der Waals surface area contributed by atoms with Crippen LogP contribution in [0, 0.1) is 0 Å². The van der Waals surface area contributed by atoms with Gasteiger partial charge in [0.05, 0.1) is 0 Å². The maximum absolute atomic E-state index is 2.64. The van der Waals surface area contributed by atoms with Crippen LogP contribution in [0.5, 0.6) is 0 Å². The van der Waals surface area contributed by atoms with Crippen LogP contribution >= 0.6 is 0 Å². The Balaban J connectivity index is 1.88. The van der Waals surface area contributed by atoms with Gasteiger partial charge in [-0.2, -0.15) is 0 Å². The van der Waals surface area contributed by atoms with Gasteiger partial charge in [-0.25, -0.2) is 0 Å². The van der Waals surface area contributed by atoms with Crippen LogP contribution in [0.25, 0.3) is 0 Å². The van der Waals surface area contributed by atoms with E-state index >= 15 is 0 Å². The minimum atomic E-state index is -2.40. The number of benzene rings is 3. The van der Waals surface area contributed by atoms with E-state index in [9.17, 15) is 0 Å². The summed E-state index contributed by atoms with van der Waals surface area (Å²) < 4.78 is 0. The summed E-state index contributed by atoms with van der Waals surface area (Å²) in [6, 6.07) is 29.6. The smallest absolute Gasteiger partial charge is 0.0790 e. The molecule has 4 rings (SSSR count). The highest BCUT2D eigenvalue weighted by atomic mass is 28.3. The molecule has 0 bridgehead atoms. The van der Waals surface area contributed by atoms with Crippen LogP contribution in [-0.4, -0.2) is 8.07 Å². The largest absolute Gasteiger partial charge is 0.158 e. The molecule has 0 aromatic heterocycles. The normalized spacial score (nSPS) is 15.0. The maximum atomic E-state index is 2.64. The lowest BCUT2D eigenvalue weighted by Gasteiger charge is -2.38. The fourth-order valence-electron chi connectivity index (χ4n) is 6.41. The van der Waals surface area contributed by atoms with Gasteiger partial charge in [0.1, 0.15) is 0 Å². The van der Waals surface area contributed by atoms with Crippen molar-refractivity contribution in [2.45, 2.75) is 110 Å². The highest BCUT2D eigenvalue weighted by Gasteiger charge is 2.45. The zero-order valence-electron chi connectivity index (χ0n) is 25.7. The topological polar surface area (TPSA) is 0 Å². The molecule has 3 aromatic rings. The van der Waals surface area contributed by atoms with Gasteiger partial charge >= 0.3 is 0 Å². The molecule has 0 aliphatic heterocycles. The Hall–Kier alpha value is -2.64. The average Bonchev–Trinajstić information content (AvgIpc) is 3.48. The zero-order chi connectivity index (χ0) is 28.2. The van der Waals surface area contributed by atoms with Crippen molar-refractivity contribution in [3.8, 4) is 0 Å². The van der Waals surface area contributed by atoms with Crippen molar-refractivity contribution < 1.29 is 0 Å². The third kappa shape index (κ3) is 7.16. The van der Waals surface area contributed by atoms with Gasteiger partial charge in [-0.1, -0.05) is 150 Å². The molecule has 0 amide bonds. The summed E-state index contributed by atoms with van der Waals surface area (Å²) in [5.41, 5.74) is 6.37. The molecule has 0 saturated carbocycles. The first-order chi connectivity index (χ1) is 19.6. The predicted octanol–water partition coefficient (Wildman–Crippen LogP) is 9.24. The summed E-state index contributed by atoms with van der Waals surface area (Å²) >= 11 is 0. The summed E-state index contributed by atoms with van der Waals surface area (Å²) in [6.45, 7) is 9.16. The predicted molar refractivity (Wildman–Crippen MR) is 180 cm³/mol. The molecule has 1 heteroatoms. The number of rotatable bonds is 16. The van der Waals surface area contributed by atoms with Crippen LogP contribution in [0.15, 0.2) is 96.6 Å². The molecule has 1 aliphatic carbocycles. The lowest BCUT2D eigenvalue weighted by molar-refractivity contribution is 0.795. The quantitative estimate of drug-likeness (QED) is 0.124. The Morgan fingerprint density at radius 3 is 1.18 bits per heavy atom. The highest BCUT2D eigenvalue weighted by Crippen LogP contribution is 2.34. The number of unbranched alkanes of at least 4 members (excludes halogenated alkanes) is 4. The number of allylic oxidation sites excluding steroid dienone is 4. The SMILES string of the molecule is CCCCC1=CC([Si](c2ccc(CCCC)cc2)(c2ccc(CCCC)cc2)c2ccc(CCCC)cc2)C=C1. The molecule has 0 nitrogen and oxygen atoms in total. The average molecular weight is 549 g/mol. The van der Waals surface area contributed by atoms with Crippen LogP contribution in [0.3, 0.4) is 0 Å². The van der Waals surface area contributed by atoms with Crippen molar-refractivity contribution in [3.63, 3.8) is 0 Å². The molecule has 0 heterocycles. The summed E-state index contributed by atoms with van der Waals surface area (Å²) in [6.07, 6.45) is 22.4. The minimum Gasteiger partial charge on any atom is -0.0790 e. The Kier molecular flexibility index (Phi) is 11.7. The minimum absolute atomic E-state index is 0.420. The second-order valence-electron chi connectivity index (χ2n) is 11.9. The summed E-state index contributed by atoms with van der Waals surface area (Å²) in [5, 5.41) is 4.62. The van der Waals surface area contributed by atoms with E-state index in [1.165, 1.54) is 115 Å². The van der Waals surface area contributed by atoms with Crippen LogP contribution in [0.1, 0.15) is 102 Å². The monoisotopic (exact) mass is 548 g/mol. The summed E-state index contributed by atoms with van der Waals surface area (Å²) in [4.78, 5) is 0. The van der Waals surface area contributed by atoms with E-state index in [0.717, 1.165) is 0 Å². The highest BCUT2D eigenvalue weighted by molar-refractivity contribution is 7.13. The van der Waals surface area contributed by atoms with Crippen LogP contribution in [0.2, 0.25) is 5.54 Å². The lowest BCUT2D eigenvalue weighted by Crippen LogP contribution is -2.69. The van der Waals surface area contributed by atoms with Crippen molar-refractivity contribution in [2.24, 2.45) is 0 Å². The van der Waals surface area contributed by atoms with Crippen LogP contribution in [0.4, 0.5) is 0 Å². The molecule has 0 fully saturated rings. The lowest BCUT2D eigenvalue weighted by atomic mass is 10.1. The van der Waals surface area contributed by atoms with Gasteiger partial charge in [0.15, 0.2) is 8.07 Å². The van der Waals surface area contributed by atoms with Crippen molar-refractivity contribution >= 4 is 23.6 Å². The molecule has 0 radical (unpaired) electrons. The molecular weight excluding hydrogens is 497 g/mol. The van der Waals surface area contributed by atoms with E-state index < -0.39 is 8.07 Å². The first-order valence-electron chi connectivity index (χ1n) is 16.3. The Labute approximate surface area is 246 Å². The van der Waals surface area contributed by atoms with E-state index in [1.807, 2.05) is 0 Å². The van der Waals surface area contributed by atoms with Crippen molar-refractivity contribution in [3.05, 3.63) is 113 Å². The second kappa shape index (κ2) is 15.4. The molecule has 0 spiro atoms. The molecule has 1 unspecified atom stereocenters. The maximum Gasteiger partial charge on any atom is 0.158 e. The van der Waals surface area contributed by atoms with Gasteiger partial charge < -0.3 is 0 Å². The molecule has 0 N–H and O–H groups in total. The second-order valence-corrected chi connectivity index (χ2v) is 16.0. The van der Waals surface area contributed by atoms with Crippen molar-refractivity contribution in [1.29, 1.82) is 0 Å². The first-order valence-corrected chi connectivity index (χ1v) is 18.4. The van der Waals surface area contributed by atoms with E-state index in [4.69, 9.17) is 0 Å². The molecule has 0 saturated heterocycles. The van der Waals surface area contributed by atoms with E-state index in [1.54, 1.807) is 0 Å². The molecule has 212 valence electrons. The van der Waals surface area contributed by atoms with Gasteiger partial charge in [-0.15, -0.1) is 0 Å².